The molecule has 0 saturated heterocycles. The summed E-state index contributed by atoms with van der Waals surface area (Å²) in [5.74, 6) is -2.00. The molecule has 2 atom stereocenters. The first-order chi connectivity index (χ1) is 12.2. The Hall–Kier alpha value is -2.42. The van der Waals surface area contributed by atoms with Crippen LogP contribution >= 0.6 is 0 Å². The average Bonchev–Trinajstić information content (AvgIpc) is 3.05. The Kier molecular flexibility index (Phi) is 4.74. The van der Waals surface area contributed by atoms with E-state index >= 15 is 0 Å². The molecule has 6 nitrogen and oxygen atoms in total. The van der Waals surface area contributed by atoms with E-state index in [1.807, 2.05) is 6.92 Å². The van der Waals surface area contributed by atoms with Crippen molar-refractivity contribution in [3.8, 4) is 11.4 Å². The lowest BCUT2D eigenvalue weighted by atomic mass is 9.74. The highest BCUT2D eigenvalue weighted by atomic mass is 19.4. The Bertz CT molecular complexity index is 784. The van der Waals surface area contributed by atoms with Gasteiger partial charge < -0.3 is 15.6 Å². The number of carbonyl (C=O) groups is 1. The molecule has 0 spiro atoms. The Morgan fingerprint density at radius 3 is 2.58 bits per heavy atom. The minimum atomic E-state index is -4.69. The third-order valence-electron chi connectivity index (χ3n) is 4.65. The minimum absolute atomic E-state index is 0.152. The number of anilines is 1. The van der Waals surface area contributed by atoms with Gasteiger partial charge in [0.2, 0.25) is 11.7 Å². The highest BCUT2D eigenvalue weighted by Gasteiger charge is 2.39. The summed E-state index contributed by atoms with van der Waals surface area (Å²) in [5, 5.41) is 6.14. The van der Waals surface area contributed by atoms with Gasteiger partial charge >= 0.3 is 12.1 Å². The highest BCUT2D eigenvalue weighted by Crippen LogP contribution is 2.33. The molecule has 1 aromatic carbocycles. The van der Waals surface area contributed by atoms with Crippen molar-refractivity contribution in [1.29, 1.82) is 0 Å². The summed E-state index contributed by atoms with van der Waals surface area (Å²) in [7, 11) is 0. The first-order valence-corrected chi connectivity index (χ1v) is 8.28. The Labute approximate surface area is 148 Å². The Balaban J connectivity index is 1.70. The number of amides is 1. The van der Waals surface area contributed by atoms with Crippen LogP contribution in [0.25, 0.3) is 11.4 Å². The summed E-state index contributed by atoms with van der Waals surface area (Å²) in [4.78, 5) is 15.8. The van der Waals surface area contributed by atoms with Gasteiger partial charge in [0.25, 0.3) is 0 Å². The third-order valence-corrected chi connectivity index (χ3v) is 4.65. The predicted octanol–water partition coefficient (Wildman–Crippen LogP) is 3.60. The van der Waals surface area contributed by atoms with Gasteiger partial charge in [-0.3, -0.25) is 4.79 Å². The number of hydrogen-bond donors (Lipinski definition) is 2. The smallest absolute Gasteiger partial charge is 0.329 e. The van der Waals surface area contributed by atoms with E-state index in [0.29, 0.717) is 11.3 Å². The maximum atomic E-state index is 12.5. The molecule has 3 rings (SSSR count). The molecule has 1 fully saturated rings. The summed E-state index contributed by atoms with van der Waals surface area (Å²) in [6.07, 6.45) is -1.18. The number of alkyl halides is 3. The molecule has 0 aliphatic heterocycles. The van der Waals surface area contributed by atoms with Gasteiger partial charge in [0.1, 0.15) is 0 Å². The van der Waals surface area contributed by atoms with E-state index in [-0.39, 0.29) is 17.6 Å². The van der Waals surface area contributed by atoms with Gasteiger partial charge in [0.05, 0.1) is 5.92 Å². The molecule has 0 radical (unpaired) electrons. The number of carbonyl (C=O) groups excluding carboxylic acids is 1. The average molecular weight is 368 g/mol. The molecule has 1 heterocycles. The lowest BCUT2D eigenvalue weighted by Gasteiger charge is -2.37. The zero-order valence-corrected chi connectivity index (χ0v) is 14.1. The highest BCUT2D eigenvalue weighted by molar-refractivity contribution is 5.93. The van der Waals surface area contributed by atoms with Crippen molar-refractivity contribution >= 4 is 11.6 Å². The van der Waals surface area contributed by atoms with Gasteiger partial charge in [-0.1, -0.05) is 18.0 Å². The van der Waals surface area contributed by atoms with Crippen LogP contribution in [0.3, 0.4) is 0 Å². The first-order valence-electron chi connectivity index (χ1n) is 8.28. The van der Waals surface area contributed by atoms with Crippen LogP contribution in [0.4, 0.5) is 18.9 Å². The standard InChI is InChI=1S/C17H19F3N4O2/c1-16(21)9-3-2-4-12(16)14(25)22-11-7-5-10(6-8-11)13-23-15(26-24-13)17(18,19)20/h5-8,12H,2-4,9,21H2,1H3,(H,22,25). The fourth-order valence-electron chi connectivity index (χ4n) is 3.18. The van der Waals surface area contributed by atoms with Crippen LogP contribution in [0.15, 0.2) is 28.8 Å². The molecule has 26 heavy (non-hydrogen) atoms. The summed E-state index contributed by atoms with van der Waals surface area (Å²) >= 11 is 0. The number of hydrogen-bond acceptors (Lipinski definition) is 5. The third kappa shape index (κ3) is 3.87. The molecular weight excluding hydrogens is 349 g/mol. The number of benzene rings is 1. The van der Waals surface area contributed by atoms with E-state index in [2.05, 4.69) is 20.0 Å². The molecule has 1 aliphatic rings. The van der Waals surface area contributed by atoms with Crippen LogP contribution in [0.5, 0.6) is 0 Å². The fourth-order valence-corrected chi connectivity index (χ4v) is 3.18. The summed E-state index contributed by atoms with van der Waals surface area (Å²) < 4.78 is 41.7. The second-order valence-corrected chi connectivity index (χ2v) is 6.79. The monoisotopic (exact) mass is 368 g/mol. The molecule has 3 N–H and O–H groups in total. The van der Waals surface area contributed by atoms with Gasteiger partial charge in [-0.05, 0) is 44.0 Å². The maximum absolute atomic E-state index is 12.5. The zero-order valence-electron chi connectivity index (χ0n) is 14.1. The molecule has 1 amide bonds. The SMILES string of the molecule is CC1(N)CCCCC1C(=O)Nc1ccc(-c2noc(C(F)(F)F)n2)cc1. The van der Waals surface area contributed by atoms with Crippen molar-refractivity contribution in [2.24, 2.45) is 11.7 Å². The second kappa shape index (κ2) is 6.71. The summed E-state index contributed by atoms with van der Waals surface area (Å²) in [5.41, 5.74) is 6.57. The van der Waals surface area contributed by atoms with Crippen molar-refractivity contribution in [3.05, 3.63) is 30.2 Å². The van der Waals surface area contributed by atoms with Crippen molar-refractivity contribution < 1.29 is 22.5 Å². The van der Waals surface area contributed by atoms with Crippen LogP contribution in [-0.2, 0) is 11.0 Å². The van der Waals surface area contributed by atoms with Crippen molar-refractivity contribution in [1.82, 2.24) is 10.1 Å². The molecule has 9 heteroatoms. The second-order valence-electron chi connectivity index (χ2n) is 6.79. The molecule has 1 aliphatic carbocycles. The lowest BCUT2D eigenvalue weighted by Crippen LogP contribution is -2.51. The van der Waals surface area contributed by atoms with Crippen LogP contribution in [-0.4, -0.2) is 21.6 Å². The van der Waals surface area contributed by atoms with Gasteiger partial charge in [-0.25, -0.2) is 0 Å². The largest absolute Gasteiger partial charge is 0.471 e. The van der Waals surface area contributed by atoms with Gasteiger partial charge in [-0.2, -0.15) is 18.2 Å². The quantitative estimate of drug-likeness (QED) is 0.863. The van der Waals surface area contributed by atoms with Crippen LogP contribution in [0, 0.1) is 5.92 Å². The number of halogens is 3. The first kappa shape index (κ1) is 18.4. The molecular formula is C17H19F3N4O2. The zero-order chi connectivity index (χ0) is 18.9. The van der Waals surface area contributed by atoms with Gasteiger partial charge in [0.15, 0.2) is 0 Å². The minimum Gasteiger partial charge on any atom is -0.329 e. The maximum Gasteiger partial charge on any atom is 0.471 e. The molecule has 140 valence electrons. The molecule has 2 unspecified atom stereocenters. The van der Waals surface area contributed by atoms with E-state index in [1.54, 1.807) is 12.1 Å². The van der Waals surface area contributed by atoms with Crippen molar-refractivity contribution in [2.45, 2.75) is 44.3 Å². The molecule has 1 aromatic heterocycles. The van der Waals surface area contributed by atoms with Crippen LogP contribution < -0.4 is 11.1 Å². The summed E-state index contributed by atoms with van der Waals surface area (Å²) in [6.45, 7) is 1.88. The van der Waals surface area contributed by atoms with E-state index in [9.17, 15) is 18.0 Å². The Morgan fingerprint density at radius 2 is 2.00 bits per heavy atom. The van der Waals surface area contributed by atoms with E-state index in [4.69, 9.17) is 5.73 Å². The van der Waals surface area contributed by atoms with E-state index < -0.39 is 17.6 Å². The van der Waals surface area contributed by atoms with Crippen molar-refractivity contribution in [3.63, 3.8) is 0 Å². The van der Waals surface area contributed by atoms with Crippen molar-refractivity contribution in [2.75, 3.05) is 5.32 Å². The normalized spacial score (nSPS) is 23.7. The fraction of sp³-hybridized carbons (Fsp3) is 0.471. The predicted molar refractivity (Wildman–Crippen MR) is 87.9 cm³/mol. The summed E-state index contributed by atoms with van der Waals surface area (Å²) in [6, 6.07) is 6.19. The Morgan fingerprint density at radius 1 is 1.31 bits per heavy atom. The lowest BCUT2D eigenvalue weighted by molar-refractivity contribution is -0.159. The van der Waals surface area contributed by atoms with Gasteiger partial charge in [0, 0.05) is 16.8 Å². The molecule has 0 bridgehead atoms. The topological polar surface area (TPSA) is 94.0 Å². The molecule has 1 saturated carbocycles. The van der Waals surface area contributed by atoms with E-state index in [0.717, 1.165) is 25.7 Å². The number of nitrogens with two attached hydrogens (primary N) is 1. The number of nitrogens with one attached hydrogen (secondary N) is 1. The van der Waals surface area contributed by atoms with Crippen LogP contribution in [0.1, 0.15) is 38.5 Å². The molecule has 2 aromatic rings. The number of aromatic nitrogens is 2. The van der Waals surface area contributed by atoms with Gasteiger partial charge in [-0.15, -0.1) is 0 Å². The number of rotatable bonds is 3. The van der Waals surface area contributed by atoms with Crippen LogP contribution in [0.2, 0.25) is 0 Å². The number of nitrogens with zero attached hydrogens (tertiary/aromatic N) is 2. The van der Waals surface area contributed by atoms with E-state index in [1.165, 1.54) is 12.1 Å².